The SMILES string of the molecule is Cc1nc(CC(=O)CCC(CCN)C(C)(C)C)sc1C. The van der Waals surface area contributed by atoms with Crippen LogP contribution in [0.5, 0.6) is 0 Å². The summed E-state index contributed by atoms with van der Waals surface area (Å²) in [6.07, 6.45) is 3.05. The minimum absolute atomic E-state index is 0.216. The van der Waals surface area contributed by atoms with Gasteiger partial charge in [0.25, 0.3) is 0 Å². The summed E-state index contributed by atoms with van der Waals surface area (Å²) >= 11 is 1.64. The van der Waals surface area contributed by atoms with Crippen LogP contribution in [0.1, 0.15) is 55.6 Å². The number of nitrogens with two attached hydrogens (primary N) is 1. The standard InChI is InChI=1S/C16H28N2OS/c1-11-12(2)20-15(18-11)10-14(19)7-6-13(8-9-17)16(3,4)5/h13H,6-10,17H2,1-5H3. The molecule has 0 aromatic carbocycles. The Hall–Kier alpha value is -0.740. The van der Waals surface area contributed by atoms with Gasteiger partial charge in [-0.15, -0.1) is 11.3 Å². The lowest BCUT2D eigenvalue weighted by Crippen LogP contribution is -2.24. The molecule has 0 saturated carbocycles. The van der Waals surface area contributed by atoms with Crippen LogP contribution in [0.3, 0.4) is 0 Å². The molecular weight excluding hydrogens is 268 g/mol. The predicted molar refractivity (Wildman–Crippen MR) is 86.1 cm³/mol. The molecule has 1 aromatic heterocycles. The number of aromatic nitrogens is 1. The highest BCUT2D eigenvalue weighted by molar-refractivity contribution is 7.11. The maximum atomic E-state index is 12.1. The summed E-state index contributed by atoms with van der Waals surface area (Å²) in [5.74, 6) is 0.807. The Bertz CT molecular complexity index is 426. The van der Waals surface area contributed by atoms with Crippen LogP contribution >= 0.6 is 11.3 Å². The van der Waals surface area contributed by atoms with Gasteiger partial charge in [0.1, 0.15) is 10.8 Å². The highest BCUT2D eigenvalue weighted by Crippen LogP contribution is 2.32. The van der Waals surface area contributed by atoms with Crippen molar-refractivity contribution in [3.63, 3.8) is 0 Å². The zero-order chi connectivity index (χ0) is 15.3. The van der Waals surface area contributed by atoms with E-state index in [2.05, 4.69) is 32.7 Å². The normalized spacial score (nSPS) is 13.5. The highest BCUT2D eigenvalue weighted by Gasteiger charge is 2.24. The molecule has 20 heavy (non-hydrogen) atoms. The van der Waals surface area contributed by atoms with Crippen molar-refractivity contribution >= 4 is 17.1 Å². The molecule has 1 unspecified atom stereocenters. The third-order valence-corrected chi connectivity index (χ3v) is 5.01. The van der Waals surface area contributed by atoms with Gasteiger partial charge in [-0.3, -0.25) is 4.79 Å². The first-order valence-corrected chi connectivity index (χ1v) is 8.20. The second kappa shape index (κ2) is 7.32. The van der Waals surface area contributed by atoms with E-state index in [9.17, 15) is 4.79 Å². The zero-order valence-electron chi connectivity index (χ0n) is 13.5. The van der Waals surface area contributed by atoms with Crippen molar-refractivity contribution in [3.05, 3.63) is 15.6 Å². The maximum absolute atomic E-state index is 12.1. The van der Waals surface area contributed by atoms with E-state index >= 15 is 0 Å². The molecule has 0 amide bonds. The lowest BCUT2D eigenvalue weighted by Gasteiger charge is -2.30. The van der Waals surface area contributed by atoms with E-state index in [1.165, 1.54) is 4.88 Å². The van der Waals surface area contributed by atoms with Crippen LogP contribution in [-0.4, -0.2) is 17.3 Å². The zero-order valence-corrected chi connectivity index (χ0v) is 14.3. The number of nitrogens with zero attached hydrogens (tertiary/aromatic N) is 1. The number of Topliss-reactive ketones (excluding diaryl/α,β-unsaturated/α-hetero) is 1. The lowest BCUT2D eigenvalue weighted by atomic mass is 9.76. The van der Waals surface area contributed by atoms with Crippen molar-refractivity contribution in [3.8, 4) is 0 Å². The molecule has 1 rings (SSSR count). The van der Waals surface area contributed by atoms with Gasteiger partial charge in [-0.05, 0) is 44.6 Å². The number of ketones is 1. The van der Waals surface area contributed by atoms with E-state index < -0.39 is 0 Å². The van der Waals surface area contributed by atoms with E-state index in [1.54, 1.807) is 11.3 Å². The van der Waals surface area contributed by atoms with Crippen LogP contribution in [0, 0.1) is 25.2 Å². The first kappa shape index (κ1) is 17.3. The van der Waals surface area contributed by atoms with E-state index in [1.807, 2.05) is 6.92 Å². The molecule has 0 spiro atoms. The van der Waals surface area contributed by atoms with Crippen molar-refractivity contribution in [2.45, 2.75) is 60.3 Å². The Morgan fingerprint density at radius 1 is 1.30 bits per heavy atom. The third-order valence-electron chi connectivity index (χ3n) is 3.93. The largest absolute Gasteiger partial charge is 0.330 e. The van der Waals surface area contributed by atoms with E-state index in [0.29, 0.717) is 31.1 Å². The number of hydrogen-bond acceptors (Lipinski definition) is 4. The Kier molecular flexibility index (Phi) is 6.34. The van der Waals surface area contributed by atoms with Crippen LogP contribution in [0.25, 0.3) is 0 Å². The average Bonchev–Trinajstić information content (AvgIpc) is 2.62. The van der Waals surface area contributed by atoms with Gasteiger partial charge in [0.05, 0.1) is 12.1 Å². The van der Waals surface area contributed by atoms with Crippen molar-refractivity contribution in [2.24, 2.45) is 17.1 Å². The highest BCUT2D eigenvalue weighted by atomic mass is 32.1. The van der Waals surface area contributed by atoms with Gasteiger partial charge < -0.3 is 5.73 Å². The van der Waals surface area contributed by atoms with E-state index in [-0.39, 0.29) is 5.41 Å². The Balaban J connectivity index is 2.49. The monoisotopic (exact) mass is 296 g/mol. The van der Waals surface area contributed by atoms with Crippen LogP contribution in [0.4, 0.5) is 0 Å². The molecule has 114 valence electrons. The maximum Gasteiger partial charge on any atom is 0.139 e. The quantitative estimate of drug-likeness (QED) is 0.835. The number of rotatable bonds is 7. The number of carbonyl (C=O) groups is 1. The van der Waals surface area contributed by atoms with Gasteiger partial charge in [-0.1, -0.05) is 20.8 Å². The van der Waals surface area contributed by atoms with Gasteiger partial charge in [0.15, 0.2) is 0 Å². The van der Waals surface area contributed by atoms with Crippen molar-refractivity contribution in [1.29, 1.82) is 0 Å². The van der Waals surface area contributed by atoms with E-state index in [4.69, 9.17) is 5.73 Å². The van der Waals surface area contributed by atoms with Gasteiger partial charge in [0.2, 0.25) is 0 Å². The number of carbonyl (C=O) groups excluding carboxylic acids is 1. The topological polar surface area (TPSA) is 56.0 Å². The van der Waals surface area contributed by atoms with Crippen LogP contribution in [0.2, 0.25) is 0 Å². The predicted octanol–water partition coefficient (Wildman–Crippen LogP) is 3.66. The van der Waals surface area contributed by atoms with Gasteiger partial charge in [0, 0.05) is 11.3 Å². The summed E-state index contributed by atoms with van der Waals surface area (Å²) in [4.78, 5) is 17.8. The van der Waals surface area contributed by atoms with Gasteiger partial charge in [-0.2, -0.15) is 0 Å². The number of thiazole rings is 1. The summed E-state index contributed by atoms with van der Waals surface area (Å²) in [6, 6.07) is 0. The summed E-state index contributed by atoms with van der Waals surface area (Å²) in [5.41, 5.74) is 6.95. The molecule has 0 saturated heterocycles. The first-order valence-electron chi connectivity index (χ1n) is 7.38. The Morgan fingerprint density at radius 3 is 2.40 bits per heavy atom. The molecule has 0 radical (unpaired) electrons. The fraction of sp³-hybridized carbons (Fsp3) is 0.750. The molecule has 1 atom stereocenters. The van der Waals surface area contributed by atoms with Crippen LogP contribution < -0.4 is 5.73 Å². The first-order chi connectivity index (χ1) is 9.24. The van der Waals surface area contributed by atoms with Gasteiger partial charge in [-0.25, -0.2) is 4.98 Å². The number of hydrogen-bond donors (Lipinski definition) is 1. The number of aryl methyl sites for hydroxylation is 2. The van der Waals surface area contributed by atoms with Crippen molar-refractivity contribution < 1.29 is 4.79 Å². The molecule has 1 aromatic rings. The lowest BCUT2D eigenvalue weighted by molar-refractivity contribution is -0.118. The third kappa shape index (κ3) is 5.33. The molecule has 2 N–H and O–H groups in total. The Morgan fingerprint density at radius 2 is 1.95 bits per heavy atom. The fourth-order valence-corrected chi connectivity index (χ4v) is 3.38. The van der Waals surface area contributed by atoms with Crippen LogP contribution in [0.15, 0.2) is 0 Å². The molecule has 3 nitrogen and oxygen atoms in total. The molecular formula is C16H28N2OS. The average molecular weight is 296 g/mol. The minimum atomic E-state index is 0.216. The van der Waals surface area contributed by atoms with E-state index in [0.717, 1.165) is 23.5 Å². The van der Waals surface area contributed by atoms with Crippen LogP contribution in [-0.2, 0) is 11.2 Å². The molecule has 0 aliphatic rings. The van der Waals surface area contributed by atoms with Gasteiger partial charge >= 0.3 is 0 Å². The second-order valence-electron chi connectivity index (χ2n) is 6.64. The summed E-state index contributed by atoms with van der Waals surface area (Å²) in [6.45, 7) is 11.4. The molecule has 0 fully saturated rings. The minimum Gasteiger partial charge on any atom is -0.330 e. The summed E-state index contributed by atoms with van der Waals surface area (Å²) in [5, 5.41) is 0.955. The molecule has 0 aliphatic carbocycles. The molecule has 4 heteroatoms. The molecule has 0 bridgehead atoms. The molecule has 0 aliphatic heterocycles. The smallest absolute Gasteiger partial charge is 0.139 e. The van der Waals surface area contributed by atoms with Crippen molar-refractivity contribution in [1.82, 2.24) is 4.98 Å². The summed E-state index contributed by atoms with van der Waals surface area (Å²) in [7, 11) is 0. The van der Waals surface area contributed by atoms with Crippen molar-refractivity contribution in [2.75, 3.05) is 6.54 Å². The fourth-order valence-electron chi connectivity index (χ4n) is 2.42. The second-order valence-corrected chi connectivity index (χ2v) is 7.93. The molecule has 1 heterocycles. The summed E-state index contributed by atoms with van der Waals surface area (Å²) < 4.78 is 0. The Labute approximate surface area is 127 Å².